The van der Waals surface area contributed by atoms with Crippen LogP contribution in [0.2, 0.25) is 0 Å². The molecule has 1 aromatic carbocycles. The van der Waals surface area contributed by atoms with Gasteiger partial charge in [0, 0.05) is 9.99 Å². The fourth-order valence-electron chi connectivity index (χ4n) is 2.23. The molecule has 0 aliphatic carbocycles. The molecule has 0 saturated carbocycles. The Bertz CT molecular complexity index is 863. The molecule has 0 N–H and O–H groups in total. The lowest BCUT2D eigenvalue weighted by molar-refractivity contribution is 0.0592. The maximum Gasteiger partial charge on any atom is 0.358 e. The molecule has 3 aromatic rings. The van der Waals surface area contributed by atoms with Gasteiger partial charge < -0.3 is 4.74 Å². The molecule has 0 fully saturated rings. The molecule has 0 saturated heterocycles. The summed E-state index contributed by atoms with van der Waals surface area (Å²) in [4.78, 5) is 20.1. The van der Waals surface area contributed by atoms with E-state index < -0.39 is 5.97 Å². The average Bonchev–Trinajstić information content (AvgIpc) is 2.98. The number of rotatable bonds is 3. The number of hydrogen-bond acceptors (Lipinski definition) is 4. The number of carbonyl (C=O) groups excluding carboxylic acids is 1. The van der Waals surface area contributed by atoms with Crippen LogP contribution in [0.15, 0.2) is 36.9 Å². The zero-order chi connectivity index (χ0) is 15.7. The molecule has 2 aromatic heterocycles. The number of aromatic nitrogens is 3. The highest BCUT2D eigenvalue weighted by atomic mass is 127. The maximum absolute atomic E-state index is 14.1. The van der Waals surface area contributed by atoms with E-state index in [0.29, 0.717) is 11.3 Å². The monoisotopic (exact) mass is 411 g/mol. The first-order chi connectivity index (χ1) is 10.6. The van der Waals surface area contributed by atoms with Crippen LogP contribution in [0, 0.1) is 9.39 Å². The van der Waals surface area contributed by atoms with Crippen molar-refractivity contribution in [2.75, 3.05) is 7.11 Å². The fourth-order valence-corrected chi connectivity index (χ4v) is 2.68. The van der Waals surface area contributed by atoms with Crippen molar-refractivity contribution < 1.29 is 13.9 Å². The van der Waals surface area contributed by atoms with E-state index in [0.717, 1.165) is 9.09 Å². The highest BCUT2D eigenvalue weighted by molar-refractivity contribution is 14.1. The molecule has 0 amide bonds. The van der Waals surface area contributed by atoms with Crippen LogP contribution < -0.4 is 0 Å². The Morgan fingerprint density at radius 2 is 2.23 bits per heavy atom. The lowest BCUT2D eigenvalue weighted by Gasteiger charge is -2.11. The Labute approximate surface area is 139 Å². The highest BCUT2D eigenvalue weighted by Gasteiger charge is 2.18. The van der Waals surface area contributed by atoms with Crippen LogP contribution in [0.1, 0.15) is 21.7 Å². The van der Waals surface area contributed by atoms with Crippen LogP contribution in [-0.4, -0.2) is 27.4 Å². The van der Waals surface area contributed by atoms with Crippen LogP contribution in [-0.2, 0) is 11.2 Å². The van der Waals surface area contributed by atoms with Crippen molar-refractivity contribution in [2.24, 2.45) is 0 Å². The van der Waals surface area contributed by atoms with Gasteiger partial charge in [-0.15, -0.1) is 0 Å². The summed E-state index contributed by atoms with van der Waals surface area (Å²) in [6.07, 6.45) is 4.95. The van der Waals surface area contributed by atoms with Crippen molar-refractivity contribution in [3.8, 4) is 0 Å². The summed E-state index contributed by atoms with van der Waals surface area (Å²) in [5, 5.41) is 0. The molecule has 7 heteroatoms. The zero-order valence-electron chi connectivity index (χ0n) is 11.6. The molecule has 0 atom stereocenters. The van der Waals surface area contributed by atoms with Crippen LogP contribution >= 0.6 is 22.6 Å². The van der Waals surface area contributed by atoms with Crippen molar-refractivity contribution in [2.45, 2.75) is 6.42 Å². The number of fused-ring (bicyclic) bond motifs is 1. The van der Waals surface area contributed by atoms with E-state index in [1.165, 1.54) is 19.4 Å². The quantitative estimate of drug-likeness (QED) is 0.492. The van der Waals surface area contributed by atoms with E-state index in [2.05, 4.69) is 9.97 Å². The van der Waals surface area contributed by atoms with E-state index in [1.807, 2.05) is 28.7 Å². The fraction of sp³-hybridized carbons (Fsp3) is 0.133. The summed E-state index contributed by atoms with van der Waals surface area (Å²) in [7, 11) is 1.29. The lowest BCUT2D eigenvalue weighted by atomic mass is 10.1. The Kier molecular flexibility index (Phi) is 4.06. The van der Waals surface area contributed by atoms with Gasteiger partial charge in [0.25, 0.3) is 0 Å². The minimum atomic E-state index is -0.559. The van der Waals surface area contributed by atoms with Crippen molar-refractivity contribution >= 4 is 34.1 Å². The highest BCUT2D eigenvalue weighted by Crippen LogP contribution is 2.19. The summed E-state index contributed by atoms with van der Waals surface area (Å²) in [6.45, 7) is 0. The summed E-state index contributed by atoms with van der Waals surface area (Å²) < 4.78 is 21.4. The Morgan fingerprint density at radius 1 is 1.41 bits per heavy atom. The molecule has 2 heterocycles. The number of ether oxygens (including phenoxy) is 1. The van der Waals surface area contributed by atoms with Gasteiger partial charge in [0.1, 0.15) is 5.82 Å². The van der Waals surface area contributed by atoms with E-state index in [1.54, 1.807) is 23.0 Å². The van der Waals surface area contributed by atoms with Crippen LogP contribution in [0.3, 0.4) is 0 Å². The second-order valence-corrected chi connectivity index (χ2v) is 5.89. The minimum absolute atomic E-state index is 0.158. The first-order valence-corrected chi connectivity index (χ1v) is 7.50. The van der Waals surface area contributed by atoms with Crippen molar-refractivity contribution in [1.82, 2.24) is 14.4 Å². The predicted molar refractivity (Wildman–Crippen MR) is 86.2 cm³/mol. The minimum Gasteiger partial charge on any atom is -0.464 e. The normalized spacial score (nSPS) is 10.9. The lowest BCUT2D eigenvalue weighted by Crippen LogP contribution is -2.13. The molecule has 5 nitrogen and oxygen atoms in total. The van der Waals surface area contributed by atoms with Gasteiger partial charge in [-0.1, -0.05) is 6.07 Å². The van der Waals surface area contributed by atoms with Gasteiger partial charge >= 0.3 is 5.97 Å². The van der Waals surface area contributed by atoms with Crippen LogP contribution in [0.5, 0.6) is 0 Å². The summed E-state index contributed by atoms with van der Waals surface area (Å²) in [6, 6.07) is 4.97. The van der Waals surface area contributed by atoms with E-state index in [-0.39, 0.29) is 17.9 Å². The molecule has 112 valence electrons. The second kappa shape index (κ2) is 5.99. The second-order valence-electron chi connectivity index (χ2n) is 4.65. The maximum atomic E-state index is 14.1. The third-order valence-corrected chi connectivity index (χ3v) is 3.98. The van der Waals surface area contributed by atoms with Gasteiger partial charge in [-0.05, 0) is 40.3 Å². The molecule has 0 aliphatic rings. The third kappa shape index (κ3) is 2.68. The molecule has 0 unspecified atom stereocenters. The van der Waals surface area contributed by atoms with Crippen LogP contribution in [0.4, 0.5) is 4.39 Å². The number of esters is 1. The molecule has 0 bridgehead atoms. The first-order valence-electron chi connectivity index (χ1n) is 6.42. The Balaban J connectivity index is 2.15. The molecule has 0 spiro atoms. The smallest absolute Gasteiger partial charge is 0.358 e. The van der Waals surface area contributed by atoms with E-state index in [4.69, 9.17) is 4.74 Å². The van der Waals surface area contributed by atoms with E-state index in [9.17, 15) is 9.18 Å². The topological polar surface area (TPSA) is 56.5 Å². The molecule has 0 radical (unpaired) electrons. The predicted octanol–water partition coefficient (Wildman–Crippen LogP) is 2.85. The number of halogens is 2. The standard InChI is InChI=1S/C15H11FIN3O2/c1-22-15(21)14-13(20-8-18-6-11(20)7-19-14)4-9-2-3-10(17)5-12(9)16/h2-3,5-8H,4H2,1H3. The van der Waals surface area contributed by atoms with Crippen molar-refractivity contribution in [3.63, 3.8) is 0 Å². The number of carbonyl (C=O) groups is 1. The molecule has 22 heavy (non-hydrogen) atoms. The van der Waals surface area contributed by atoms with Crippen molar-refractivity contribution in [1.29, 1.82) is 0 Å². The molecular formula is C15H11FIN3O2. The average molecular weight is 411 g/mol. The number of benzene rings is 1. The molecule has 0 aliphatic heterocycles. The SMILES string of the molecule is COC(=O)c1ncc2cncn2c1Cc1ccc(I)cc1F. The summed E-state index contributed by atoms with van der Waals surface area (Å²) in [5.41, 5.74) is 1.91. The first kappa shape index (κ1) is 14.9. The number of methoxy groups -OCH3 is 1. The Hall–Kier alpha value is -2.03. The van der Waals surface area contributed by atoms with Gasteiger partial charge in [0.15, 0.2) is 5.69 Å². The number of imidazole rings is 1. The number of nitrogens with zero attached hydrogens (tertiary/aromatic N) is 3. The van der Waals surface area contributed by atoms with Gasteiger partial charge in [0.05, 0.1) is 37.0 Å². The van der Waals surface area contributed by atoms with Gasteiger partial charge in [0.2, 0.25) is 0 Å². The van der Waals surface area contributed by atoms with Gasteiger partial charge in [-0.25, -0.2) is 19.2 Å². The largest absolute Gasteiger partial charge is 0.464 e. The van der Waals surface area contributed by atoms with Gasteiger partial charge in [-0.2, -0.15) is 0 Å². The van der Waals surface area contributed by atoms with Crippen molar-refractivity contribution in [3.05, 3.63) is 63.3 Å². The van der Waals surface area contributed by atoms with E-state index >= 15 is 0 Å². The summed E-state index contributed by atoms with van der Waals surface area (Å²) >= 11 is 2.05. The number of hydrogen-bond donors (Lipinski definition) is 0. The third-order valence-electron chi connectivity index (χ3n) is 3.31. The Morgan fingerprint density at radius 3 is 2.95 bits per heavy atom. The van der Waals surface area contributed by atoms with Gasteiger partial charge in [-0.3, -0.25) is 4.40 Å². The molecule has 3 rings (SSSR count). The molecular weight excluding hydrogens is 400 g/mol. The summed E-state index contributed by atoms with van der Waals surface area (Å²) in [5.74, 6) is -0.878. The van der Waals surface area contributed by atoms with Crippen LogP contribution in [0.25, 0.3) is 5.52 Å². The zero-order valence-corrected chi connectivity index (χ0v) is 13.7.